The fourth-order valence-electron chi connectivity index (χ4n) is 3.47. The molecule has 0 bridgehead atoms. The molecule has 1 aliphatic heterocycles. The van der Waals surface area contributed by atoms with Gasteiger partial charge in [0, 0.05) is 37.1 Å². The Kier molecular flexibility index (Phi) is 4.33. The van der Waals surface area contributed by atoms with E-state index in [1.54, 1.807) is 35.5 Å². The van der Waals surface area contributed by atoms with E-state index < -0.39 is 11.9 Å². The molecule has 0 atom stereocenters. The van der Waals surface area contributed by atoms with Crippen molar-refractivity contribution in [1.82, 2.24) is 19.9 Å². The van der Waals surface area contributed by atoms with Crippen molar-refractivity contribution in [1.29, 1.82) is 0 Å². The van der Waals surface area contributed by atoms with E-state index in [1.165, 1.54) is 6.07 Å². The monoisotopic (exact) mass is 374 g/mol. The SMILES string of the molecule is O=C(c1cccnc1)N1CCC(c2cc3nc(C(F)(F)F)ccc3[nH]2)CC1. The number of alkyl halides is 3. The summed E-state index contributed by atoms with van der Waals surface area (Å²) < 4.78 is 38.5. The summed E-state index contributed by atoms with van der Waals surface area (Å²) in [6, 6.07) is 7.55. The molecule has 0 aromatic carbocycles. The average Bonchev–Trinajstić information content (AvgIpc) is 3.11. The van der Waals surface area contributed by atoms with Gasteiger partial charge in [-0.3, -0.25) is 9.78 Å². The highest BCUT2D eigenvalue weighted by molar-refractivity contribution is 5.93. The topological polar surface area (TPSA) is 61.9 Å². The summed E-state index contributed by atoms with van der Waals surface area (Å²) in [5.74, 6) is 0.112. The molecule has 1 N–H and O–H groups in total. The van der Waals surface area contributed by atoms with Crippen molar-refractivity contribution < 1.29 is 18.0 Å². The minimum atomic E-state index is -4.45. The first-order valence-electron chi connectivity index (χ1n) is 8.68. The zero-order valence-corrected chi connectivity index (χ0v) is 14.3. The van der Waals surface area contributed by atoms with Gasteiger partial charge >= 0.3 is 6.18 Å². The molecule has 1 saturated heterocycles. The van der Waals surface area contributed by atoms with E-state index in [-0.39, 0.29) is 11.8 Å². The van der Waals surface area contributed by atoms with Crippen molar-refractivity contribution in [3.8, 4) is 0 Å². The number of likely N-dealkylation sites (tertiary alicyclic amines) is 1. The zero-order valence-electron chi connectivity index (χ0n) is 14.3. The third-order valence-corrected chi connectivity index (χ3v) is 4.92. The Bertz CT molecular complexity index is 960. The van der Waals surface area contributed by atoms with Gasteiger partial charge in [0.05, 0.1) is 16.6 Å². The molecule has 4 heterocycles. The number of rotatable bonds is 2. The number of aromatic nitrogens is 3. The first-order valence-corrected chi connectivity index (χ1v) is 8.68. The number of nitrogens with one attached hydrogen (secondary N) is 1. The van der Waals surface area contributed by atoms with E-state index in [0.29, 0.717) is 29.7 Å². The molecule has 3 aromatic heterocycles. The lowest BCUT2D eigenvalue weighted by Crippen LogP contribution is -2.38. The van der Waals surface area contributed by atoms with Gasteiger partial charge in [0.15, 0.2) is 0 Å². The van der Waals surface area contributed by atoms with Gasteiger partial charge in [0.1, 0.15) is 5.69 Å². The summed E-state index contributed by atoms with van der Waals surface area (Å²) in [4.78, 5) is 25.1. The Hall–Kier alpha value is -2.90. The van der Waals surface area contributed by atoms with Gasteiger partial charge in [-0.05, 0) is 43.2 Å². The number of H-pyrrole nitrogens is 1. The molecule has 1 amide bonds. The average molecular weight is 374 g/mol. The predicted molar refractivity (Wildman–Crippen MR) is 93.2 cm³/mol. The quantitative estimate of drug-likeness (QED) is 0.738. The first kappa shape index (κ1) is 17.5. The molecule has 1 aliphatic rings. The number of nitrogens with zero attached hydrogens (tertiary/aromatic N) is 3. The molecule has 8 heteroatoms. The number of halogens is 3. The Morgan fingerprint density at radius 1 is 1.19 bits per heavy atom. The standard InChI is InChI=1S/C19H17F3N4O/c20-19(21,22)17-4-3-14-16(25-17)10-15(24-14)12-5-8-26(9-6-12)18(27)13-2-1-7-23-11-13/h1-4,7,10-12,24H,5-6,8-9H2. The fraction of sp³-hybridized carbons (Fsp3) is 0.316. The smallest absolute Gasteiger partial charge is 0.357 e. The maximum absolute atomic E-state index is 12.8. The van der Waals surface area contributed by atoms with E-state index in [2.05, 4.69) is 15.0 Å². The van der Waals surface area contributed by atoms with Crippen LogP contribution in [0.4, 0.5) is 13.2 Å². The Morgan fingerprint density at radius 3 is 2.63 bits per heavy atom. The van der Waals surface area contributed by atoms with E-state index in [0.717, 1.165) is 24.6 Å². The van der Waals surface area contributed by atoms with Gasteiger partial charge in [-0.1, -0.05) is 0 Å². The largest absolute Gasteiger partial charge is 0.433 e. The second-order valence-electron chi connectivity index (χ2n) is 6.66. The van der Waals surface area contributed by atoms with Crippen LogP contribution in [0.25, 0.3) is 11.0 Å². The summed E-state index contributed by atoms with van der Waals surface area (Å²) in [6.07, 6.45) is 0.201. The molecule has 140 valence electrons. The fourth-order valence-corrected chi connectivity index (χ4v) is 3.47. The number of hydrogen-bond acceptors (Lipinski definition) is 3. The molecular weight excluding hydrogens is 357 g/mol. The number of piperidine rings is 1. The summed E-state index contributed by atoms with van der Waals surface area (Å²) in [5, 5.41) is 0. The molecule has 0 radical (unpaired) electrons. The Morgan fingerprint density at radius 2 is 1.96 bits per heavy atom. The number of amides is 1. The minimum absolute atomic E-state index is 0.0466. The number of pyridine rings is 2. The van der Waals surface area contributed by atoms with Crippen LogP contribution in [0.5, 0.6) is 0 Å². The van der Waals surface area contributed by atoms with Crippen LogP contribution in [-0.2, 0) is 6.18 Å². The van der Waals surface area contributed by atoms with Crippen LogP contribution in [0, 0.1) is 0 Å². The molecule has 27 heavy (non-hydrogen) atoms. The highest BCUT2D eigenvalue weighted by Crippen LogP contribution is 2.32. The lowest BCUT2D eigenvalue weighted by atomic mass is 9.93. The van der Waals surface area contributed by atoms with Crippen molar-refractivity contribution in [2.24, 2.45) is 0 Å². The molecule has 1 fully saturated rings. The molecule has 3 aromatic rings. The van der Waals surface area contributed by atoms with E-state index >= 15 is 0 Å². The number of carbonyl (C=O) groups excluding carboxylic acids is 1. The Labute approximate surface area is 153 Å². The molecule has 0 saturated carbocycles. The van der Waals surface area contributed by atoms with Crippen LogP contribution in [-0.4, -0.2) is 38.8 Å². The van der Waals surface area contributed by atoms with Crippen molar-refractivity contribution in [2.45, 2.75) is 24.9 Å². The van der Waals surface area contributed by atoms with Crippen LogP contribution in [0.1, 0.15) is 40.5 Å². The molecule has 4 rings (SSSR count). The number of hydrogen-bond donors (Lipinski definition) is 1. The Balaban J connectivity index is 1.47. The van der Waals surface area contributed by atoms with Crippen molar-refractivity contribution >= 4 is 16.9 Å². The van der Waals surface area contributed by atoms with Gasteiger partial charge in [0.2, 0.25) is 0 Å². The van der Waals surface area contributed by atoms with Crippen molar-refractivity contribution in [2.75, 3.05) is 13.1 Å². The van der Waals surface area contributed by atoms with Gasteiger partial charge in [-0.25, -0.2) is 4.98 Å². The lowest BCUT2D eigenvalue weighted by molar-refractivity contribution is -0.140. The van der Waals surface area contributed by atoms with Crippen molar-refractivity contribution in [3.63, 3.8) is 0 Å². The maximum Gasteiger partial charge on any atom is 0.433 e. The highest BCUT2D eigenvalue weighted by atomic mass is 19.4. The third-order valence-electron chi connectivity index (χ3n) is 4.92. The maximum atomic E-state index is 12.8. The molecule has 5 nitrogen and oxygen atoms in total. The van der Waals surface area contributed by atoms with E-state index in [4.69, 9.17) is 0 Å². The molecule has 0 unspecified atom stereocenters. The second-order valence-corrected chi connectivity index (χ2v) is 6.66. The van der Waals surface area contributed by atoms with Gasteiger partial charge in [-0.2, -0.15) is 13.2 Å². The highest BCUT2D eigenvalue weighted by Gasteiger charge is 2.33. The van der Waals surface area contributed by atoms with Crippen LogP contribution in [0.15, 0.2) is 42.7 Å². The van der Waals surface area contributed by atoms with Gasteiger partial charge in [-0.15, -0.1) is 0 Å². The van der Waals surface area contributed by atoms with Crippen LogP contribution < -0.4 is 0 Å². The predicted octanol–water partition coefficient (Wildman–Crippen LogP) is 4.00. The summed E-state index contributed by atoms with van der Waals surface area (Å²) in [5.41, 5.74) is 1.44. The number of aromatic amines is 1. The summed E-state index contributed by atoms with van der Waals surface area (Å²) >= 11 is 0. The molecular formula is C19H17F3N4O. The third kappa shape index (κ3) is 3.51. The minimum Gasteiger partial charge on any atom is -0.357 e. The number of fused-ring (bicyclic) bond motifs is 1. The number of carbonyl (C=O) groups is 1. The molecule has 0 aliphatic carbocycles. The lowest BCUT2D eigenvalue weighted by Gasteiger charge is -2.31. The van der Waals surface area contributed by atoms with Crippen LogP contribution in [0.3, 0.4) is 0 Å². The van der Waals surface area contributed by atoms with E-state index in [1.807, 2.05) is 0 Å². The molecule has 0 spiro atoms. The van der Waals surface area contributed by atoms with E-state index in [9.17, 15) is 18.0 Å². The van der Waals surface area contributed by atoms with Crippen LogP contribution in [0.2, 0.25) is 0 Å². The second kappa shape index (κ2) is 6.68. The van der Waals surface area contributed by atoms with Crippen molar-refractivity contribution in [3.05, 3.63) is 59.7 Å². The summed E-state index contributed by atoms with van der Waals surface area (Å²) in [6.45, 7) is 1.18. The van der Waals surface area contributed by atoms with Gasteiger partial charge < -0.3 is 9.88 Å². The van der Waals surface area contributed by atoms with Gasteiger partial charge in [0.25, 0.3) is 5.91 Å². The van der Waals surface area contributed by atoms with Crippen LogP contribution >= 0.6 is 0 Å². The normalized spacial score (nSPS) is 16.0. The first-order chi connectivity index (χ1) is 12.9. The summed E-state index contributed by atoms with van der Waals surface area (Å²) in [7, 11) is 0. The zero-order chi connectivity index (χ0) is 19.0.